The number of aliphatic hydroxyl groups excluding tert-OH is 1. The molecule has 34 heavy (non-hydrogen) atoms. The van der Waals surface area contributed by atoms with Crippen LogP contribution in [0.4, 0.5) is 10.2 Å². The molecule has 2 atom stereocenters. The zero-order valence-corrected chi connectivity index (χ0v) is 19.3. The van der Waals surface area contributed by atoms with E-state index in [9.17, 15) is 9.50 Å². The van der Waals surface area contributed by atoms with Crippen LogP contribution in [0, 0.1) is 11.7 Å². The predicted octanol–water partition coefficient (Wildman–Crippen LogP) is 3.26. The van der Waals surface area contributed by atoms with Crippen molar-refractivity contribution in [3.05, 3.63) is 72.6 Å². The van der Waals surface area contributed by atoms with Crippen molar-refractivity contribution in [1.29, 1.82) is 0 Å². The van der Waals surface area contributed by atoms with Gasteiger partial charge in [-0.2, -0.15) is 0 Å². The number of hydrogen-bond donors (Lipinski definition) is 1. The number of fused-ring (bicyclic) bond motifs is 5. The maximum Gasteiger partial charge on any atom is 0.161 e. The Morgan fingerprint density at radius 3 is 2.71 bits per heavy atom. The normalized spacial score (nSPS) is 19.1. The van der Waals surface area contributed by atoms with Crippen LogP contribution < -0.4 is 4.90 Å². The van der Waals surface area contributed by atoms with Gasteiger partial charge in [0.15, 0.2) is 5.82 Å². The smallest absolute Gasteiger partial charge is 0.161 e. The molecular formula is C26H27FN6O. The number of aliphatic hydroxyl groups is 1. The summed E-state index contributed by atoms with van der Waals surface area (Å²) in [5, 5.41) is 10.6. The summed E-state index contributed by atoms with van der Waals surface area (Å²) in [6.07, 6.45) is 5.48. The molecule has 4 aromatic rings. The molecule has 0 radical (unpaired) electrons. The van der Waals surface area contributed by atoms with Gasteiger partial charge >= 0.3 is 0 Å². The molecule has 174 valence electrons. The summed E-state index contributed by atoms with van der Waals surface area (Å²) in [4.78, 5) is 14.0. The van der Waals surface area contributed by atoms with Crippen LogP contribution in [0.3, 0.4) is 0 Å². The summed E-state index contributed by atoms with van der Waals surface area (Å²) in [6, 6.07) is 12.8. The maximum absolute atomic E-state index is 13.4. The average Bonchev–Trinajstić information content (AvgIpc) is 3.52. The second kappa shape index (κ2) is 8.07. The molecule has 5 heterocycles. The first kappa shape index (κ1) is 21.1. The molecule has 1 N–H and O–H groups in total. The van der Waals surface area contributed by atoms with Gasteiger partial charge < -0.3 is 19.5 Å². The van der Waals surface area contributed by atoms with Gasteiger partial charge in [0.2, 0.25) is 0 Å². The van der Waals surface area contributed by atoms with E-state index in [-0.39, 0.29) is 17.8 Å². The molecule has 2 aliphatic heterocycles. The minimum Gasteiger partial charge on any atom is -0.391 e. The molecule has 0 saturated carbocycles. The van der Waals surface area contributed by atoms with Crippen molar-refractivity contribution in [2.45, 2.75) is 12.6 Å². The van der Waals surface area contributed by atoms with Gasteiger partial charge in [-0.1, -0.05) is 12.1 Å². The molecule has 1 aromatic carbocycles. The molecule has 0 amide bonds. The topological polar surface area (TPSA) is 62.3 Å². The standard InChI is InChI=1S/C26H27FN6O/c1-30(2)12-19-14-32(16-24(19)34)25-8-7-22-21(29-25)15-31-13-18(17-3-5-20(27)6-4-17)11-23(31)26-28-9-10-33(22)26/h3-11,13,19,24,34H,12,14-16H2,1-2H3/t19-,24-/m0/s1. The Labute approximate surface area is 197 Å². The van der Waals surface area contributed by atoms with E-state index >= 15 is 0 Å². The highest BCUT2D eigenvalue weighted by atomic mass is 19.1. The van der Waals surface area contributed by atoms with Crippen molar-refractivity contribution in [3.8, 4) is 28.3 Å². The van der Waals surface area contributed by atoms with Crippen LogP contribution in [0.15, 0.2) is 61.1 Å². The maximum atomic E-state index is 13.4. The van der Waals surface area contributed by atoms with E-state index < -0.39 is 0 Å². The van der Waals surface area contributed by atoms with Gasteiger partial charge in [0.1, 0.15) is 11.6 Å². The zero-order chi connectivity index (χ0) is 23.4. The van der Waals surface area contributed by atoms with E-state index in [0.717, 1.165) is 52.9 Å². The lowest BCUT2D eigenvalue weighted by Gasteiger charge is -2.20. The first-order valence-corrected chi connectivity index (χ1v) is 11.5. The van der Waals surface area contributed by atoms with E-state index in [1.54, 1.807) is 18.3 Å². The van der Waals surface area contributed by atoms with Gasteiger partial charge in [-0.15, -0.1) is 0 Å². The van der Waals surface area contributed by atoms with Crippen LogP contribution in [0.2, 0.25) is 0 Å². The fourth-order valence-corrected chi connectivity index (χ4v) is 5.16. The van der Waals surface area contributed by atoms with E-state index in [2.05, 4.69) is 42.2 Å². The van der Waals surface area contributed by atoms with Crippen LogP contribution in [0.25, 0.3) is 28.3 Å². The highest BCUT2D eigenvalue weighted by Gasteiger charge is 2.33. The molecule has 3 aromatic heterocycles. The summed E-state index contributed by atoms with van der Waals surface area (Å²) in [5.41, 5.74) is 4.92. The number of nitrogens with zero attached hydrogens (tertiary/aromatic N) is 6. The van der Waals surface area contributed by atoms with Crippen molar-refractivity contribution < 1.29 is 9.50 Å². The number of rotatable bonds is 4. The number of halogens is 1. The van der Waals surface area contributed by atoms with Gasteiger partial charge in [0.25, 0.3) is 0 Å². The molecule has 1 saturated heterocycles. The monoisotopic (exact) mass is 458 g/mol. The lowest BCUT2D eigenvalue weighted by molar-refractivity contribution is 0.130. The largest absolute Gasteiger partial charge is 0.391 e. The minimum absolute atomic E-state index is 0.199. The Bertz CT molecular complexity index is 1340. The minimum atomic E-state index is -0.363. The molecule has 0 bridgehead atoms. The van der Waals surface area contributed by atoms with E-state index in [1.807, 2.05) is 26.4 Å². The highest BCUT2D eigenvalue weighted by molar-refractivity contribution is 5.71. The third-order valence-electron chi connectivity index (χ3n) is 6.79. The van der Waals surface area contributed by atoms with Crippen LogP contribution in [-0.2, 0) is 6.54 Å². The van der Waals surface area contributed by atoms with Crippen molar-refractivity contribution in [3.63, 3.8) is 0 Å². The lowest BCUT2D eigenvalue weighted by atomic mass is 10.1. The van der Waals surface area contributed by atoms with E-state index in [4.69, 9.17) is 4.98 Å². The number of aromatic nitrogens is 4. The Balaban J connectivity index is 1.37. The predicted molar refractivity (Wildman–Crippen MR) is 130 cm³/mol. The zero-order valence-electron chi connectivity index (χ0n) is 19.3. The van der Waals surface area contributed by atoms with Gasteiger partial charge in [-0.3, -0.25) is 4.57 Å². The summed E-state index contributed by atoms with van der Waals surface area (Å²) < 4.78 is 17.7. The summed E-state index contributed by atoms with van der Waals surface area (Å²) in [5.74, 6) is 1.69. The van der Waals surface area contributed by atoms with Gasteiger partial charge in [0, 0.05) is 49.7 Å². The number of pyridine rings is 1. The SMILES string of the molecule is CN(C)C[C@H]1CN(c2ccc3c(n2)Cn2cc(-c4ccc(F)cc4)cc2-c2nccn2-3)C[C@@H]1O. The van der Waals surface area contributed by atoms with Crippen molar-refractivity contribution >= 4 is 5.82 Å². The first-order chi connectivity index (χ1) is 16.5. The first-order valence-electron chi connectivity index (χ1n) is 11.5. The van der Waals surface area contributed by atoms with Gasteiger partial charge in [0.05, 0.1) is 29.7 Å². The second-order valence-corrected chi connectivity index (χ2v) is 9.50. The fourth-order valence-electron chi connectivity index (χ4n) is 5.16. The summed E-state index contributed by atoms with van der Waals surface area (Å²) in [7, 11) is 4.07. The van der Waals surface area contributed by atoms with Crippen molar-refractivity contribution in [1.82, 2.24) is 24.0 Å². The molecule has 1 fully saturated rings. The molecule has 0 spiro atoms. The van der Waals surface area contributed by atoms with Crippen LogP contribution >= 0.6 is 0 Å². The Morgan fingerprint density at radius 1 is 1.09 bits per heavy atom. The number of anilines is 1. The van der Waals surface area contributed by atoms with Crippen LogP contribution in [0.5, 0.6) is 0 Å². The van der Waals surface area contributed by atoms with E-state index in [0.29, 0.717) is 13.1 Å². The highest BCUT2D eigenvalue weighted by Crippen LogP contribution is 2.34. The van der Waals surface area contributed by atoms with Crippen molar-refractivity contribution in [2.24, 2.45) is 5.92 Å². The Kier molecular flexibility index (Phi) is 5.00. The summed E-state index contributed by atoms with van der Waals surface area (Å²) in [6.45, 7) is 2.82. The lowest BCUT2D eigenvalue weighted by Crippen LogP contribution is -2.29. The third-order valence-corrected chi connectivity index (χ3v) is 6.79. The van der Waals surface area contributed by atoms with Crippen molar-refractivity contribution in [2.75, 3.05) is 38.6 Å². The van der Waals surface area contributed by atoms with Gasteiger partial charge in [-0.25, -0.2) is 14.4 Å². The molecule has 0 unspecified atom stereocenters. The second-order valence-electron chi connectivity index (χ2n) is 9.50. The molecule has 6 rings (SSSR count). The number of hydrogen-bond acceptors (Lipinski definition) is 5. The Morgan fingerprint density at radius 2 is 1.91 bits per heavy atom. The average molecular weight is 459 g/mol. The van der Waals surface area contributed by atoms with Crippen LogP contribution in [-0.4, -0.2) is 68.9 Å². The molecule has 2 aliphatic rings. The number of benzene rings is 1. The number of imidazole rings is 1. The van der Waals surface area contributed by atoms with E-state index in [1.165, 1.54) is 12.1 Å². The van der Waals surface area contributed by atoms with Crippen LogP contribution in [0.1, 0.15) is 5.69 Å². The molecule has 8 heteroatoms. The fraction of sp³-hybridized carbons (Fsp3) is 0.308. The quantitative estimate of drug-likeness (QED) is 0.448. The number of β-amino-alcohol motifs (C(OH)–C–C–N with tert-alkyl or cyclic N) is 1. The molecular weight excluding hydrogens is 431 g/mol. The molecule has 7 nitrogen and oxygen atoms in total. The third kappa shape index (κ3) is 3.59. The Hall–Kier alpha value is -3.49. The molecule has 0 aliphatic carbocycles. The van der Waals surface area contributed by atoms with Gasteiger partial charge in [-0.05, 0) is 50.0 Å². The summed E-state index contributed by atoms with van der Waals surface area (Å²) >= 11 is 0.